The number of carbonyl (C=O) groups is 1. The predicted molar refractivity (Wildman–Crippen MR) is 84.1 cm³/mol. The fourth-order valence-electron chi connectivity index (χ4n) is 3.43. The van der Waals surface area contributed by atoms with Crippen LogP contribution in [0.3, 0.4) is 0 Å². The molecular weight excluding hydrogens is 266 g/mol. The zero-order chi connectivity index (χ0) is 15.1. The number of piperazine rings is 1. The van der Waals surface area contributed by atoms with Gasteiger partial charge in [-0.1, -0.05) is 13.3 Å². The molecule has 0 aromatic rings. The van der Waals surface area contributed by atoms with E-state index >= 15 is 0 Å². The molecule has 2 aliphatic rings. The van der Waals surface area contributed by atoms with E-state index in [2.05, 4.69) is 11.8 Å². The largest absolute Gasteiger partial charge is 0.378 e. The third kappa shape index (κ3) is 4.94. The molecule has 0 aromatic heterocycles. The maximum Gasteiger partial charge on any atom is 0.222 e. The van der Waals surface area contributed by atoms with Gasteiger partial charge in [0.2, 0.25) is 5.91 Å². The maximum atomic E-state index is 12.3. The van der Waals surface area contributed by atoms with Crippen molar-refractivity contribution in [1.82, 2.24) is 9.80 Å². The molecular formula is C16H31N3O2. The van der Waals surface area contributed by atoms with Crippen LogP contribution in [0.4, 0.5) is 0 Å². The number of amides is 1. The summed E-state index contributed by atoms with van der Waals surface area (Å²) in [4.78, 5) is 16.7. The van der Waals surface area contributed by atoms with Crippen molar-refractivity contribution >= 4 is 5.91 Å². The first-order valence-corrected chi connectivity index (χ1v) is 8.58. The summed E-state index contributed by atoms with van der Waals surface area (Å²) in [7, 11) is 0. The van der Waals surface area contributed by atoms with Crippen molar-refractivity contribution in [3.63, 3.8) is 0 Å². The molecule has 0 aliphatic carbocycles. The summed E-state index contributed by atoms with van der Waals surface area (Å²) in [5, 5.41) is 0. The summed E-state index contributed by atoms with van der Waals surface area (Å²) in [6.07, 6.45) is 6.44. The van der Waals surface area contributed by atoms with Crippen LogP contribution in [0, 0.1) is 0 Å². The Labute approximate surface area is 128 Å². The Morgan fingerprint density at radius 1 is 1.33 bits per heavy atom. The minimum atomic E-state index is 0.296. The minimum Gasteiger partial charge on any atom is -0.378 e. The second kappa shape index (κ2) is 8.71. The SMILES string of the molecule is CCCC(CN)N1CCN(C(=O)CCC2CCCO2)CC1. The smallest absolute Gasteiger partial charge is 0.222 e. The monoisotopic (exact) mass is 297 g/mol. The number of hydrogen-bond acceptors (Lipinski definition) is 4. The van der Waals surface area contributed by atoms with E-state index in [9.17, 15) is 4.79 Å². The number of nitrogens with zero attached hydrogens (tertiary/aromatic N) is 2. The van der Waals surface area contributed by atoms with E-state index in [1.165, 1.54) is 6.42 Å². The molecule has 0 radical (unpaired) electrons. The zero-order valence-corrected chi connectivity index (χ0v) is 13.4. The molecule has 122 valence electrons. The molecule has 0 spiro atoms. The van der Waals surface area contributed by atoms with E-state index in [-0.39, 0.29) is 0 Å². The number of nitrogens with two attached hydrogens (primary N) is 1. The van der Waals surface area contributed by atoms with Crippen molar-refractivity contribution in [2.75, 3.05) is 39.3 Å². The van der Waals surface area contributed by atoms with Gasteiger partial charge in [-0.15, -0.1) is 0 Å². The first-order chi connectivity index (χ1) is 10.2. The van der Waals surface area contributed by atoms with Gasteiger partial charge in [0, 0.05) is 51.8 Å². The van der Waals surface area contributed by atoms with Gasteiger partial charge in [-0.3, -0.25) is 9.69 Å². The molecule has 2 fully saturated rings. The van der Waals surface area contributed by atoms with Gasteiger partial charge in [-0.2, -0.15) is 0 Å². The van der Waals surface area contributed by atoms with Crippen LogP contribution in [0.25, 0.3) is 0 Å². The third-order valence-corrected chi connectivity index (χ3v) is 4.78. The fraction of sp³-hybridized carbons (Fsp3) is 0.938. The zero-order valence-electron chi connectivity index (χ0n) is 13.4. The van der Waals surface area contributed by atoms with Gasteiger partial charge in [-0.05, 0) is 25.7 Å². The van der Waals surface area contributed by atoms with Crippen LogP contribution in [-0.4, -0.2) is 67.2 Å². The Morgan fingerprint density at radius 3 is 2.67 bits per heavy atom. The van der Waals surface area contributed by atoms with E-state index in [1.54, 1.807) is 0 Å². The van der Waals surface area contributed by atoms with Crippen LogP contribution in [0.5, 0.6) is 0 Å². The maximum absolute atomic E-state index is 12.3. The van der Waals surface area contributed by atoms with Gasteiger partial charge < -0.3 is 15.4 Å². The molecule has 1 amide bonds. The Bertz CT molecular complexity index is 311. The van der Waals surface area contributed by atoms with E-state index in [0.717, 1.165) is 65.0 Å². The van der Waals surface area contributed by atoms with Crippen molar-refractivity contribution in [3.8, 4) is 0 Å². The van der Waals surface area contributed by atoms with Gasteiger partial charge in [0.15, 0.2) is 0 Å². The summed E-state index contributed by atoms with van der Waals surface area (Å²) in [6, 6.07) is 0.485. The molecule has 2 rings (SSSR count). The van der Waals surface area contributed by atoms with Gasteiger partial charge >= 0.3 is 0 Å². The Morgan fingerprint density at radius 2 is 2.10 bits per heavy atom. The third-order valence-electron chi connectivity index (χ3n) is 4.78. The summed E-state index contributed by atoms with van der Waals surface area (Å²) in [5.74, 6) is 0.296. The lowest BCUT2D eigenvalue weighted by Gasteiger charge is -2.39. The standard InChI is InChI=1S/C16H31N3O2/c1-2-4-14(13-17)18-8-10-19(11-9-18)16(20)7-6-15-5-3-12-21-15/h14-15H,2-13,17H2,1H3. The first-order valence-electron chi connectivity index (χ1n) is 8.58. The number of hydrogen-bond donors (Lipinski definition) is 1. The molecule has 0 saturated carbocycles. The van der Waals surface area contributed by atoms with Crippen LogP contribution in [0.1, 0.15) is 45.4 Å². The van der Waals surface area contributed by atoms with E-state index in [1.807, 2.05) is 4.90 Å². The highest BCUT2D eigenvalue weighted by Gasteiger charge is 2.25. The highest BCUT2D eigenvalue weighted by atomic mass is 16.5. The average molecular weight is 297 g/mol. The quantitative estimate of drug-likeness (QED) is 0.767. The van der Waals surface area contributed by atoms with Crippen molar-refractivity contribution < 1.29 is 9.53 Å². The predicted octanol–water partition coefficient (Wildman–Crippen LogP) is 1.22. The molecule has 2 atom stereocenters. The average Bonchev–Trinajstić information content (AvgIpc) is 3.04. The number of carbonyl (C=O) groups excluding carboxylic acids is 1. The van der Waals surface area contributed by atoms with E-state index in [4.69, 9.17) is 10.5 Å². The Balaban J connectivity index is 1.68. The molecule has 21 heavy (non-hydrogen) atoms. The summed E-state index contributed by atoms with van der Waals surface area (Å²) in [6.45, 7) is 7.43. The van der Waals surface area contributed by atoms with Crippen molar-refractivity contribution in [1.29, 1.82) is 0 Å². The molecule has 5 nitrogen and oxygen atoms in total. The number of ether oxygens (including phenoxy) is 1. The molecule has 2 aliphatic heterocycles. The lowest BCUT2D eigenvalue weighted by Crippen LogP contribution is -2.53. The van der Waals surface area contributed by atoms with Gasteiger partial charge in [0.05, 0.1) is 6.10 Å². The lowest BCUT2D eigenvalue weighted by molar-refractivity contribution is -0.133. The molecule has 5 heteroatoms. The highest BCUT2D eigenvalue weighted by molar-refractivity contribution is 5.76. The Hall–Kier alpha value is -0.650. The summed E-state index contributed by atoms with van der Waals surface area (Å²) < 4.78 is 5.59. The second-order valence-corrected chi connectivity index (χ2v) is 6.27. The van der Waals surface area contributed by atoms with Gasteiger partial charge in [-0.25, -0.2) is 0 Å². The first kappa shape index (κ1) is 16.7. The van der Waals surface area contributed by atoms with Crippen molar-refractivity contribution in [2.45, 2.75) is 57.6 Å². The molecule has 2 heterocycles. The molecule has 0 bridgehead atoms. The Kier molecular flexibility index (Phi) is 6.93. The lowest BCUT2D eigenvalue weighted by atomic mass is 10.1. The summed E-state index contributed by atoms with van der Waals surface area (Å²) >= 11 is 0. The van der Waals surface area contributed by atoms with Crippen molar-refractivity contribution in [3.05, 3.63) is 0 Å². The van der Waals surface area contributed by atoms with Crippen LogP contribution in [0.15, 0.2) is 0 Å². The fourth-order valence-corrected chi connectivity index (χ4v) is 3.43. The van der Waals surface area contributed by atoms with Crippen LogP contribution in [0.2, 0.25) is 0 Å². The number of rotatable bonds is 7. The topological polar surface area (TPSA) is 58.8 Å². The van der Waals surface area contributed by atoms with Crippen LogP contribution < -0.4 is 5.73 Å². The van der Waals surface area contributed by atoms with Gasteiger partial charge in [0.25, 0.3) is 0 Å². The van der Waals surface area contributed by atoms with E-state index < -0.39 is 0 Å². The normalized spacial score (nSPS) is 25.2. The molecule has 2 unspecified atom stereocenters. The van der Waals surface area contributed by atoms with Gasteiger partial charge in [0.1, 0.15) is 0 Å². The molecule has 2 saturated heterocycles. The second-order valence-electron chi connectivity index (χ2n) is 6.27. The minimum absolute atomic E-state index is 0.296. The molecule has 0 aromatic carbocycles. The van der Waals surface area contributed by atoms with Crippen LogP contribution >= 0.6 is 0 Å². The summed E-state index contributed by atoms with van der Waals surface area (Å²) in [5.41, 5.74) is 5.87. The van der Waals surface area contributed by atoms with E-state index in [0.29, 0.717) is 24.5 Å². The highest BCUT2D eigenvalue weighted by Crippen LogP contribution is 2.18. The van der Waals surface area contributed by atoms with Crippen LogP contribution in [-0.2, 0) is 9.53 Å². The molecule has 2 N–H and O–H groups in total. The van der Waals surface area contributed by atoms with Crippen molar-refractivity contribution in [2.24, 2.45) is 5.73 Å².